The summed E-state index contributed by atoms with van der Waals surface area (Å²) in [7, 11) is -3.57. The van der Waals surface area contributed by atoms with Gasteiger partial charge >= 0.3 is 0 Å². The lowest BCUT2D eigenvalue weighted by Gasteiger charge is -1.97. The Morgan fingerprint density at radius 2 is 1.77 bits per heavy atom. The molecule has 0 aromatic heterocycles. The van der Waals surface area contributed by atoms with Crippen molar-refractivity contribution in [2.45, 2.75) is 4.90 Å². The summed E-state index contributed by atoms with van der Waals surface area (Å²) in [4.78, 5) is 1.82. The maximum absolute atomic E-state index is 10.9. The molecule has 70 valence electrons. The fraction of sp³-hybridized carbons (Fsp3) is 0. The second-order valence-corrected chi connectivity index (χ2v) is 4.50. The first-order valence-electron chi connectivity index (χ1n) is 3.43. The van der Waals surface area contributed by atoms with Gasteiger partial charge in [0.15, 0.2) is 0 Å². The van der Waals surface area contributed by atoms with Gasteiger partial charge in [-0.15, -0.1) is 0 Å². The summed E-state index contributed by atoms with van der Waals surface area (Å²) in [6.45, 7) is 0. The second-order valence-electron chi connectivity index (χ2n) is 2.41. The standard InChI is InChI=1S/C8H8BrNO2S/c9-6-5-7-1-3-8(4-2-7)13(10,11)12/h1-6H,(H2,10,11,12). The Labute approximate surface area is 85.4 Å². The highest BCUT2D eigenvalue weighted by Gasteiger charge is 2.05. The normalized spacial score (nSPS) is 12.2. The Kier molecular flexibility index (Phi) is 3.24. The first-order valence-corrected chi connectivity index (χ1v) is 5.90. The van der Waals surface area contributed by atoms with E-state index < -0.39 is 10.0 Å². The zero-order valence-corrected chi connectivity index (χ0v) is 9.05. The summed E-state index contributed by atoms with van der Waals surface area (Å²) < 4.78 is 21.7. The number of nitrogens with two attached hydrogens (primary N) is 1. The molecule has 1 aromatic rings. The van der Waals surface area contributed by atoms with Crippen molar-refractivity contribution in [1.29, 1.82) is 0 Å². The van der Waals surface area contributed by atoms with Gasteiger partial charge in [-0.25, -0.2) is 13.6 Å². The number of sulfonamides is 1. The van der Waals surface area contributed by atoms with Crippen molar-refractivity contribution in [3.8, 4) is 0 Å². The Bertz CT molecular complexity index is 408. The largest absolute Gasteiger partial charge is 0.238 e. The third-order valence-corrected chi connectivity index (χ3v) is 2.66. The third kappa shape index (κ3) is 2.95. The van der Waals surface area contributed by atoms with E-state index in [0.29, 0.717) is 0 Å². The number of primary sulfonamides is 1. The molecule has 0 spiro atoms. The van der Waals surface area contributed by atoms with E-state index in [-0.39, 0.29) is 4.90 Å². The van der Waals surface area contributed by atoms with Crippen molar-refractivity contribution in [2.24, 2.45) is 5.14 Å². The molecule has 3 nitrogen and oxygen atoms in total. The highest BCUT2D eigenvalue weighted by Crippen LogP contribution is 2.10. The molecule has 13 heavy (non-hydrogen) atoms. The molecule has 1 aromatic carbocycles. The fourth-order valence-corrected chi connectivity index (χ4v) is 1.66. The molecule has 0 atom stereocenters. The van der Waals surface area contributed by atoms with Crippen LogP contribution in [-0.2, 0) is 10.0 Å². The molecule has 0 aliphatic rings. The monoisotopic (exact) mass is 261 g/mol. The lowest BCUT2D eigenvalue weighted by atomic mass is 10.2. The molecule has 0 aliphatic heterocycles. The van der Waals surface area contributed by atoms with Crippen molar-refractivity contribution < 1.29 is 8.42 Å². The average molecular weight is 262 g/mol. The van der Waals surface area contributed by atoms with E-state index in [9.17, 15) is 8.42 Å². The van der Waals surface area contributed by atoms with Crippen LogP contribution in [0.25, 0.3) is 6.08 Å². The number of hydrogen-bond donors (Lipinski definition) is 1. The van der Waals surface area contributed by atoms with Crippen LogP contribution in [0.2, 0.25) is 0 Å². The van der Waals surface area contributed by atoms with E-state index in [4.69, 9.17) is 5.14 Å². The zero-order chi connectivity index (χ0) is 9.90. The third-order valence-electron chi connectivity index (χ3n) is 1.46. The molecular formula is C8H8BrNO2S. The minimum Gasteiger partial charge on any atom is -0.225 e. The van der Waals surface area contributed by atoms with Gasteiger partial charge < -0.3 is 0 Å². The van der Waals surface area contributed by atoms with Crippen molar-refractivity contribution >= 4 is 32.0 Å². The molecule has 0 bridgehead atoms. The lowest BCUT2D eigenvalue weighted by molar-refractivity contribution is 0.598. The van der Waals surface area contributed by atoms with Crippen molar-refractivity contribution in [3.63, 3.8) is 0 Å². The lowest BCUT2D eigenvalue weighted by Crippen LogP contribution is -2.11. The smallest absolute Gasteiger partial charge is 0.225 e. The molecule has 0 radical (unpaired) electrons. The Morgan fingerprint density at radius 1 is 1.23 bits per heavy atom. The van der Waals surface area contributed by atoms with E-state index in [0.717, 1.165) is 5.56 Å². The highest BCUT2D eigenvalue weighted by molar-refractivity contribution is 9.11. The average Bonchev–Trinajstić information content (AvgIpc) is 2.04. The van der Waals surface area contributed by atoms with Gasteiger partial charge in [-0.05, 0) is 28.8 Å². The number of rotatable bonds is 2. The van der Waals surface area contributed by atoms with Crippen LogP contribution in [0.4, 0.5) is 0 Å². The number of hydrogen-bond acceptors (Lipinski definition) is 2. The van der Waals surface area contributed by atoms with Crippen LogP contribution in [0.5, 0.6) is 0 Å². The molecule has 0 heterocycles. The molecule has 1 rings (SSSR count). The molecule has 2 N–H and O–H groups in total. The Balaban J connectivity index is 3.08. The Morgan fingerprint density at radius 3 is 2.15 bits per heavy atom. The molecule has 5 heteroatoms. The van der Waals surface area contributed by atoms with Crippen molar-refractivity contribution in [2.75, 3.05) is 0 Å². The SMILES string of the molecule is NS(=O)(=O)c1ccc(C=CBr)cc1. The van der Waals surface area contributed by atoms with Crippen molar-refractivity contribution in [1.82, 2.24) is 0 Å². The maximum atomic E-state index is 10.9. The number of benzene rings is 1. The molecular weight excluding hydrogens is 254 g/mol. The summed E-state index contributed by atoms with van der Waals surface area (Å²) >= 11 is 3.12. The first-order chi connectivity index (χ1) is 6.04. The van der Waals surface area contributed by atoms with Crippen LogP contribution in [0, 0.1) is 0 Å². The molecule has 0 saturated heterocycles. The quantitative estimate of drug-likeness (QED) is 0.881. The van der Waals surface area contributed by atoms with E-state index in [1.54, 1.807) is 23.2 Å². The van der Waals surface area contributed by atoms with Crippen LogP contribution >= 0.6 is 15.9 Å². The highest BCUT2D eigenvalue weighted by atomic mass is 79.9. The van der Waals surface area contributed by atoms with Crippen LogP contribution in [0.1, 0.15) is 5.56 Å². The predicted molar refractivity (Wildman–Crippen MR) is 55.8 cm³/mol. The minimum absolute atomic E-state index is 0.124. The van der Waals surface area contributed by atoms with Gasteiger partial charge in [0.1, 0.15) is 0 Å². The van der Waals surface area contributed by atoms with Gasteiger partial charge in [-0.1, -0.05) is 28.1 Å². The van der Waals surface area contributed by atoms with Crippen LogP contribution < -0.4 is 5.14 Å². The van der Waals surface area contributed by atoms with Crippen LogP contribution in [0.15, 0.2) is 34.1 Å². The molecule has 0 unspecified atom stereocenters. The van der Waals surface area contributed by atoms with E-state index in [1.807, 2.05) is 0 Å². The fourth-order valence-electron chi connectivity index (χ4n) is 0.841. The van der Waals surface area contributed by atoms with Crippen molar-refractivity contribution in [3.05, 3.63) is 34.8 Å². The van der Waals surface area contributed by atoms with Gasteiger partial charge in [0.05, 0.1) is 4.90 Å². The van der Waals surface area contributed by atoms with Gasteiger partial charge in [0, 0.05) is 0 Å². The topological polar surface area (TPSA) is 60.2 Å². The predicted octanol–water partition coefficient (Wildman–Crippen LogP) is 1.70. The minimum atomic E-state index is -3.57. The van der Waals surface area contributed by atoms with E-state index in [2.05, 4.69) is 15.9 Å². The summed E-state index contributed by atoms with van der Waals surface area (Å²) in [6.07, 6.45) is 1.80. The van der Waals surface area contributed by atoms with Gasteiger partial charge in [-0.3, -0.25) is 0 Å². The molecule has 0 saturated carbocycles. The Hall–Kier alpha value is -0.650. The summed E-state index contributed by atoms with van der Waals surface area (Å²) in [5.41, 5.74) is 0.907. The first kappa shape index (κ1) is 10.4. The van der Waals surface area contributed by atoms with E-state index >= 15 is 0 Å². The molecule has 0 fully saturated rings. The molecule has 0 amide bonds. The van der Waals surface area contributed by atoms with E-state index in [1.165, 1.54) is 12.1 Å². The van der Waals surface area contributed by atoms with Gasteiger partial charge in [0.25, 0.3) is 0 Å². The second kappa shape index (κ2) is 4.04. The summed E-state index contributed by atoms with van der Waals surface area (Å²) in [6, 6.07) is 6.30. The number of halogens is 1. The van der Waals surface area contributed by atoms with Crippen LogP contribution in [-0.4, -0.2) is 8.42 Å². The van der Waals surface area contributed by atoms with Crippen LogP contribution in [0.3, 0.4) is 0 Å². The molecule has 0 aliphatic carbocycles. The van der Waals surface area contributed by atoms with Gasteiger partial charge in [0.2, 0.25) is 10.0 Å². The summed E-state index contributed by atoms with van der Waals surface area (Å²) in [5, 5.41) is 4.93. The maximum Gasteiger partial charge on any atom is 0.238 e. The van der Waals surface area contributed by atoms with Gasteiger partial charge in [-0.2, -0.15) is 0 Å². The summed E-state index contributed by atoms with van der Waals surface area (Å²) in [5.74, 6) is 0. The zero-order valence-electron chi connectivity index (χ0n) is 6.64.